The summed E-state index contributed by atoms with van der Waals surface area (Å²) >= 11 is 0. The van der Waals surface area contributed by atoms with E-state index >= 15 is 0 Å². The van der Waals surface area contributed by atoms with E-state index in [2.05, 4.69) is 25.6 Å². The summed E-state index contributed by atoms with van der Waals surface area (Å²) < 4.78 is 30.0. The fraction of sp³-hybridized carbons (Fsp3) is 0.286. The quantitative estimate of drug-likeness (QED) is 0.499. The molecule has 0 amide bonds. The number of anilines is 1. The molecule has 0 saturated carbocycles. The van der Waals surface area contributed by atoms with Gasteiger partial charge in [-0.25, -0.2) is 18.7 Å². The van der Waals surface area contributed by atoms with Crippen LogP contribution in [0.25, 0.3) is 5.69 Å². The number of halogens is 2. The number of aromatic nitrogens is 3. The van der Waals surface area contributed by atoms with Crippen molar-refractivity contribution in [1.29, 1.82) is 0 Å². The van der Waals surface area contributed by atoms with Gasteiger partial charge in [-0.15, -0.1) is 0 Å². The Labute approximate surface area is 173 Å². The van der Waals surface area contributed by atoms with Crippen molar-refractivity contribution in [3.63, 3.8) is 0 Å². The Morgan fingerprint density at radius 2 is 2.13 bits per heavy atom. The number of hydrogen-bond acceptors (Lipinski definition) is 4. The maximum Gasteiger partial charge on any atom is 0.191 e. The average Bonchev–Trinajstić information content (AvgIpc) is 3.44. The smallest absolute Gasteiger partial charge is 0.191 e. The van der Waals surface area contributed by atoms with Crippen LogP contribution < -0.4 is 15.5 Å². The van der Waals surface area contributed by atoms with E-state index in [1.807, 2.05) is 11.0 Å². The van der Waals surface area contributed by atoms with Crippen LogP contribution in [0.5, 0.6) is 0 Å². The molecule has 0 bridgehead atoms. The Bertz CT molecular complexity index is 1020. The minimum Gasteiger partial charge on any atom is -0.352 e. The van der Waals surface area contributed by atoms with E-state index in [4.69, 9.17) is 0 Å². The largest absolute Gasteiger partial charge is 0.352 e. The van der Waals surface area contributed by atoms with Gasteiger partial charge in [0.15, 0.2) is 17.6 Å². The second-order valence-electron chi connectivity index (χ2n) is 7.07. The first-order valence-electron chi connectivity index (χ1n) is 9.73. The molecule has 0 aliphatic carbocycles. The van der Waals surface area contributed by atoms with E-state index in [-0.39, 0.29) is 17.7 Å². The van der Waals surface area contributed by atoms with Crippen molar-refractivity contribution < 1.29 is 8.78 Å². The molecule has 1 aliphatic heterocycles. The zero-order chi connectivity index (χ0) is 20.9. The minimum absolute atomic E-state index is 0.109. The maximum atomic E-state index is 14.4. The van der Waals surface area contributed by atoms with Crippen molar-refractivity contribution >= 4 is 11.8 Å². The van der Waals surface area contributed by atoms with E-state index < -0.39 is 0 Å². The zero-order valence-corrected chi connectivity index (χ0v) is 16.6. The molecule has 0 spiro atoms. The molecule has 1 unspecified atom stereocenters. The molecule has 1 saturated heterocycles. The number of pyridine rings is 1. The third-order valence-electron chi connectivity index (χ3n) is 5.05. The molecule has 1 aromatic carbocycles. The van der Waals surface area contributed by atoms with Gasteiger partial charge in [-0.05, 0) is 36.2 Å². The lowest BCUT2D eigenvalue weighted by Crippen LogP contribution is -2.44. The van der Waals surface area contributed by atoms with Crippen LogP contribution in [0.2, 0.25) is 0 Å². The molecule has 1 atom stereocenters. The van der Waals surface area contributed by atoms with Gasteiger partial charge >= 0.3 is 0 Å². The fourth-order valence-corrected chi connectivity index (χ4v) is 3.53. The molecule has 3 heterocycles. The van der Waals surface area contributed by atoms with Gasteiger partial charge in [0.2, 0.25) is 0 Å². The van der Waals surface area contributed by atoms with E-state index in [0.29, 0.717) is 37.1 Å². The highest BCUT2D eigenvalue weighted by Gasteiger charge is 2.25. The number of rotatable bonds is 5. The Hall–Kier alpha value is -3.49. The fourth-order valence-electron chi connectivity index (χ4n) is 3.53. The first-order valence-corrected chi connectivity index (χ1v) is 9.73. The van der Waals surface area contributed by atoms with Crippen molar-refractivity contribution in [2.45, 2.75) is 19.0 Å². The van der Waals surface area contributed by atoms with Gasteiger partial charge in [0.05, 0.1) is 12.0 Å². The number of imidazole rings is 1. The summed E-state index contributed by atoms with van der Waals surface area (Å²) in [7, 11) is 1.68. The first kappa shape index (κ1) is 19.8. The molecule has 7 nitrogen and oxygen atoms in total. The van der Waals surface area contributed by atoms with Crippen molar-refractivity contribution in [2.75, 3.05) is 25.0 Å². The minimum atomic E-state index is -0.320. The highest BCUT2D eigenvalue weighted by Crippen LogP contribution is 2.20. The Balaban J connectivity index is 1.33. The van der Waals surface area contributed by atoms with E-state index in [1.165, 1.54) is 12.1 Å². The molecule has 1 fully saturated rings. The van der Waals surface area contributed by atoms with Gasteiger partial charge in [0.1, 0.15) is 5.82 Å². The number of aliphatic imine (C=N–C) groups is 1. The van der Waals surface area contributed by atoms with E-state index in [0.717, 1.165) is 12.0 Å². The molecule has 2 N–H and O–H groups in total. The van der Waals surface area contributed by atoms with Crippen molar-refractivity contribution in [3.05, 3.63) is 72.4 Å². The van der Waals surface area contributed by atoms with Crippen LogP contribution in [0.4, 0.5) is 14.6 Å². The van der Waals surface area contributed by atoms with E-state index in [1.54, 1.807) is 48.7 Å². The Morgan fingerprint density at radius 3 is 2.87 bits per heavy atom. The van der Waals surface area contributed by atoms with Crippen LogP contribution in [-0.2, 0) is 6.54 Å². The molecule has 0 radical (unpaired) electrons. The molecule has 4 rings (SSSR count). The maximum absolute atomic E-state index is 14.4. The van der Waals surface area contributed by atoms with Crippen LogP contribution in [0.15, 0.2) is 60.2 Å². The van der Waals surface area contributed by atoms with Gasteiger partial charge in [-0.3, -0.25) is 4.99 Å². The topological polar surface area (TPSA) is 70.4 Å². The first-order chi connectivity index (χ1) is 14.6. The summed E-state index contributed by atoms with van der Waals surface area (Å²) in [5.74, 6) is 0.349. The molecule has 9 heteroatoms. The SMILES string of the molecule is CN=C(NCc1ccc(-n2ccnc2)c(F)c1)NC1CCN(c2ncccc2F)C1. The summed E-state index contributed by atoms with van der Waals surface area (Å²) in [6.45, 7) is 1.76. The van der Waals surface area contributed by atoms with Gasteiger partial charge < -0.3 is 20.1 Å². The molecule has 3 aromatic rings. The monoisotopic (exact) mass is 411 g/mol. The normalized spacial score (nSPS) is 16.7. The Kier molecular flexibility index (Phi) is 5.87. The zero-order valence-electron chi connectivity index (χ0n) is 16.6. The standard InChI is InChI=1S/C21H23F2N7/c1-24-21(28-16-6-9-29(13-16)20-17(22)3-2-7-26-20)27-12-15-4-5-19(18(23)11-15)30-10-8-25-14-30/h2-5,7-8,10-11,14,16H,6,9,12-13H2,1H3,(H2,24,27,28). The lowest BCUT2D eigenvalue weighted by atomic mass is 10.2. The third kappa shape index (κ3) is 4.40. The molecular weight excluding hydrogens is 388 g/mol. The van der Waals surface area contributed by atoms with Gasteiger partial charge in [-0.2, -0.15) is 0 Å². The molecule has 30 heavy (non-hydrogen) atoms. The van der Waals surface area contributed by atoms with Gasteiger partial charge in [0, 0.05) is 51.3 Å². The lowest BCUT2D eigenvalue weighted by Gasteiger charge is -2.20. The van der Waals surface area contributed by atoms with Crippen LogP contribution >= 0.6 is 0 Å². The van der Waals surface area contributed by atoms with Crippen molar-refractivity contribution in [2.24, 2.45) is 4.99 Å². The summed E-state index contributed by atoms with van der Waals surface area (Å²) in [4.78, 5) is 14.2. The Morgan fingerprint density at radius 1 is 1.23 bits per heavy atom. The van der Waals surface area contributed by atoms with Crippen LogP contribution in [0.3, 0.4) is 0 Å². The summed E-state index contributed by atoms with van der Waals surface area (Å²) in [5.41, 5.74) is 1.24. The second-order valence-corrected chi connectivity index (χ2v) is 7.07. The summed E-state index contributed by atoms with van der Waals surface area (Å²) in [5, 5.41) is 6.55. The number of nitrogens with zero attached hydrogens (tertiary/aromatic N) is 5. The number of nitrogens with one attached hydrogen (secondary N) is 2. The lowest BCUT2D eigenvalue weighted by molar-refractivity contribution is 0.610. The number of benzene rings is 1. The number of hydrogen-bond donors (Lipinski definition) is 2. The second kappa shape index (κ2) is 8.89. The van der Waals surface area contributed by atoms with Crippen LogP contribution in [0, 0.1) is 11.6 Å². The van der Waals surface area contributed by atoms with Crippen LogP contribution in [0.1, 0.15) is 12.0 Å². The molecule has 156 valence electrons. The summed E-state index contributed by atoms with van der Waals surface area (Å²) in [6, 6.07) is 8.19. The van der Waals surface area contributed by atoms with Crippen LogP contribution in [-0.4, -0.2) is 46.7 Å². The highest BCUT2D eigenvalue weighted by atomic mass is 19.1. The number of guanidine groups is 1. The molecular formula is C21H23F2N7. The third-order valence-corrected chi connectivity index (χ3v) is 5.05. The van der Waals surface area contributed by atoms with Crippen molar-refractivity contribution in [3.8, 4) is 5.69 Å². The summed E-state index contributed by atoms with van der Waals surface area (Å²) in [6.07, 6.45) is 7.30. The molecule has 2 aromatic heterocycles. The average molecular weight is 411 g/mol. The van der Waals surface area contributed by atoms with Gasteiger partial charge in [0.25, 0.3) is 0 Å². The highest BCUT2D eigenvalue weighted by molar-refractivity contribution is 5.80. The van der Waals surface area contributed by atoms with Crippen molar-refractivity contribution in [1.82, 2.24) is 25.2 Å². The van der Waals surface area contributed by atoms with E-state index in [9.17, 15) is 8.78 Å². The predicted molar refractivity (Wildman–Crippen MR) is 112 cm³/mol. The molecule has 1 aliphatic rings. The predicted octanol–water partition coefficient (Wildman–Crippen LogP) is 2.49. The van der Waals surface area contributed by atoms with Gasteiger partial charge in [-0.1, -0.05) is 6.07 Å².